The van der Waals surface area contributed by atoms with Crippen molar-refractivity contribution in [2.75, 3.05) is 13.1 Å². The first-order valence-electron chi connectivity index (χ1n) is 10.1. The van der Waals surface area contributed by atoms with E-state index in [2.05, 4.69) is 28.8 Å². The Kier molecular flexibility index (Phi) is 5.05. The lowest BCUT2D eigenvalue weighted by Crippen LogP contribution is -2.41. The Bertz CT molecular complexity index is 1160. The third-order valence-electron chi connectivity index (χ3n) is 5.65. The summed E-state index contributed by atoms with van der Waals surface area (Å²) in [5, 5.41) is 16.3. The first-order valence-corrected chi connectivity index (χ1v) is 11.3. The topological polar surface area (TPSA) is 66.8 Å². The van der Waals surface area contributed by atoms with Crippen molar-refractivity contribution < 1.29 is 9.52 Å². The monoisotopic (exact) mass is 442 g/mol. The molecule has 1 aromatic carbocycles. The van der Waals surface area contributed by atoms with Crippen LogP contribution in [-0.4, -0.2) is 37.7 Å². The van der Waals surface area contributed by atoms with E-state index in [4.69, 9.17) is 16.0 Å². The molecule has 0 radical (unpaired) electrons. The van der Waals surface area contributed by atoms with Crippen molar-refractivity contribution in [2.45, 2.75) is 26.3 Å². The van der Waals surface area contributed by atoms with E-state index >= 15 is 0 Å². The van der Waals surface area contributed by atoms with Gasteiger partial charge in [-0.05, 0) is 42.0 Å². The van der Waals surface area contributed by atoms with Gasteiger partial charge < -0.3 is 9.52 Å². The molecule has 3 aromatic heterocycles. The van der Waals surface area contributed by atoms with Crippen molar-refractivity contribution in [2.24, 2.45) is 11.8 Å². The van der Waals surface area contributed by atoms with Gasteiger partial charge in [-0.3, -0.25) is 4.90 Å². The average molecular weight is 443 g/mol. The number of aromatic nitrogens is 3. The zero-order valence-corrected chi connectivity index (χ0v) is 18.4. The zero-order valence-electron chi connectivity index (χ0n) is 16.8. The van der Waals surface area contributed by atoms with Crippen LogP contribution in [0.2, 0.25) is 5.02 Å². The van der Waals surface area contributed by atoms with Gasteiger partial charge in [-0.2, -0.15) is 9.50 Å². The van der Waals surface area contributed by atoms with E-state index in [-0.39, 0.29) is 11.9 Å². The molecular weight excluding hydrogens is 420 g/mol. The predicted octanol–water partition coefficient (Wildman–Crippen LogP) is 5.48. The Labute approximate surface area is 183 Å². The standard InChI is InChI=1S/C22H23ClN4O2S/c1-13-10-14(2)12-26(11-13)18(15-6-3-4-7-16(15)23)19-21(28)27-22(30-19)24-20(25-27)17-8-5-9-29-17/h3-9,13-14,18,28H,10-12H2,1-2H3/t13-,14+,18-/m0/s1. The molecule has 1 N–H and O–H groups in total. The maximum Gasteiger partial charge on any atom is 0.230 e. The van der Waals surface area contributed by atoms with Crippen molar-refractivity contribution in [3.05, 3.63) is 58.1 Å². The summed E-state index contributed by atoms with van der Waals surface area (Å²) >= 11 is 8.07. The molecule has 1 aliphatic heterocycles. The van der Waals surface area contributed by atoms with Gasteiger partial charge in [0, 0.05) is 18.1 Å². The molecule has 1 aliphatic rings. The Morgan fingerprint density at radius 2 is 1.93 bits per heavy atom. The Balaban J connectivity index is 1.62. The number of hydrogen-bond acceptors (Lipinski definition) is 6. The number of fused-ring (bicyclic) bond motifs is 1. The second-order valence-corrected chi connectivity index (χ2v) is 9.64. The first-order chi connectivity index (χ1) is 14.5. The van der Waals surface area contributed by atoms with Crippen molar-refractivity contribution in [3.63, 3.8) is 0 Å². The highest BCUT2D eigenvalue weighted by molar-refractivity contribution is 7.17. The third kappa shape index (κ3) is 3.41. The highest BCUT2D eigenvalue weighted by atomic mass is 35.5. The number of hydrogen-bond donors (Lipinski definition) is 1. The van der Waals surface area contributed by atoms with Crippen LogP contribution in [0.5, 0.6) is 5.88 Å². The van der Waals surface area contributed by atoms with E-state index in [0.717, 1.165) is 23.5 Å². The molecule has 6 nitrogen and oxygen atoms in total. The summed E-state index contributed by atoms with van der Waals surface area (Å²) in [6.07, 6.45) is 2.79. The smallest absolute Gasteiger partial charge is 0.230 e. The number of furan rings is 1. The van der Waals surface area contributed by atoms with Crippen molar-refractivity contribution in [1.29, 1.82) is 0 Å². The number of likely N-dealkylation sites (tertiary alicyclic amines) is 1. The highest BCUT2D eigenvalue weighted by Gasteiger charge is 2.34. The molecule has 3 atom stereocenters. The maximum atomic E-state index is 11.2. The lowest BCUT2D eigenvalue weighted by molar-refractivity contribution is 0.112. The van der Waals surface area contributed by atoms with E-state index < -0.39 is 0 Å². The van der Waals surface area contributed by atoms with E-state index in [1.165, 1.54) is 22.3 Å². The molecule has 5 rings (SSSR count). The molecule has 4 heterocycles. The second kappa shape index (κ2) is 7.72. The minimum Gasteiger partial charge on any atom is -0.492 e. The summed E-state index contributed by atoms with van der Waals surface area (Å²) in [5.41, 5.74) is 0.992. The van der Waals surface area contributed by atoms with Crippen molar-refractivity contribution in [3.8, 4) is 17.5 Å². The molecule has 0 bridgehead atoms. The summed E-state index contributed by atoms with van der Waals surface area (Å²) < 4.78 is 6.90. The van der Waals surface area contributed by atoms with Gasteiger partial charge in [0.2, 0.25) is 16.7 Å². The molecular formula is C22H23ClN4O2S. The highest BCUT2D eigenvalue weighted by Crippen LogP contribution is 2.44. The van der Waals surface area contributed by atoms with Crippen LogP contribution in [0.4, 0.5) is 0 Å². The number of benzene rings is 1. The quantitative estimate of drug-likeness (QED) is 0.453. The van der Waals surface area contributed by atoms with Crippen LogP contribution in [0.15, 0.2) is 47.1 Å². The predicted molar refractivity (Wildman–Crippen MR) is 118 cm³/mol. The minimum absolute atomic E-state index is 0.108. The molecule has 1 fully saturated rings. The van der Waals surface area contributed by atoms with E-state index in [1.807, 2.05) is 24.3 Å². The summed E-state index contributed by atoms with van der Waals surface area (Å²) in [5.74, 6) is 2.30. The SMILES string of the molecule is C[C@@H]1C[C@H](C)CN([C@@H](c2ccccc2Cl)c2sc3nc(-c4ccco4)nn3c2O)C1. The number of nitrogens with zero attached hydrogens (tertiary/aromatic N) is 4. The molecule has 30 heavy (non-hydrogen) atoms. The number of piperidine rings is 1. The second-order valence-electron chi connectivity index (χ2n) is 8.22. The lowest BCUT2D eigenvalue weighted by Gasteiger charge is -2.40. The molecule has 4 aromatic rings. The Hall–Kier alpha value is -2.35. The van der Waals surface area contributed by atoms with Gasteiger partial charge in [-0.25, -0.2) is 0 Å². The van der Waals surface area contributed by atoms with Crippen molar-refractivity contribution in [1.82, 2.24) is 19.5 Å². The molecule has 0 amide bonds. The van der Waals surface area contributed by atoms with Gasteiger partial charge in [0.1, 0.15) is 0 Å². The van der Waals surface area contributed by atoms with E-state index in [0.29, 0.717) is 33.4 Å². The van der Waals surface area contributed by atoms with Gasteiger partial charge in [-0.15, -0.1) is 5.10 Å². The Morgan fingerprint density at radius 1 is 1.17 bits per heavy atom. The summed E-state index contributed by atoms with van der Waals surface area (Å²) in [6, 6.07) is 11.3. The first kappa shape index (κ1) is 19.6. The fraction of sp³-hybridized carbons (Fsp3) is 0.364. The number of aromatic hydroxyl groups is 1. The molecule has 156 valence electrons. The largest absolute Gasteiger partial charge is 0.492 e. The third-order valence-corrected chi connectivity index (χ3v) is 7.07. The number of thiazole rings is 1. The lowest BCUT2D eigenvalue weighted by atomic mass is 9.89. The van der Waals surface area contributed by atoms with Gasteiger partial charge in [0.05, 0.1) is 17.2 Å². The normalized spacial score (nSPS) is 21.3. The average Bonchev–Trinajstić information content (AvgIpc) is 3.42. The van der Waals surface area contributed by atoms with Crippen LogP contribution in [0.25, 0.3) is 16.5 Å². The maximum absolute atomic E-state index is 11.2. The minimum atomic E-state index is -0.149. The molecule has 0 unspecified atom stereocenters. The molecule has 0 saturated carbocycles. The van der Waals surface area contributed by atoms with Crippen LogP contribution in [0, 0.1) is 11.8 Å². The van der Waals surface area contributed by atoms with Crippen LogP contribution in [-0.2, 0) is 0 Å². The number of halogens is 1. The van der Waals surface area contributed by atoms with Crippen LogP contribution >= 0.6 is 22.9 Å². The van der Waals surface area contributed by atoms with Gasteiger partial charge in [0.25, 0.3) is 0 Å². The molecule has 1 saturated heterocycles. The summed E-state index contributed by atoms with van der Waals surface area (Å²) in [7, 11) is 0. The fourth-order valence-electron chi connectivity index (χ4n) is 4.56. The van der Waals surface area contributed by atoms with Gasteiger partial charge in [0.15, 0.2) is 5.76 Å². The van der Waals surface area contributed by atoms with Crippen LogP contribution < -0.4 is 0 Å². The van der Waals surface area contributed by atoms with E-state index in [9.17, 15) is 5.11 Å². The van der Waals surface area contributed by atoms with Gasteiger partial charge in [-0.1, -0.05) is 55.0 Å². The van der Waals surface area contributed by atoms with Gasteiger partial charge >= 0.3 is 0 Å². The van der Waals surface area contributed by atoms with E-state index in [1.54, 1.807) is 18.4 Å². The molecule has 8 heteroatoms. The summed E-state index contributed by atoms with van der Waals surface area (Å²) in [4.78, 5) is 8.44. The molecule has 0 spiro atoms. The number of rotatable bonds is 4. The molecule has 0 aliphatic carbocycles. The Morgan fingerprint density at radius 3 is 2.60 bits per heavy atom. The fourth-order valence-corrected chi connectivity index (χ4v) is 5.91. The van der Waals surface area contributed by atoms with Crippen LogP contribution in [0.1, 0.15) is 36.8 Å². The van der Waals surface area contributed by atoms with Crippen LogP contribution in [0.3, 0.4) is 0 Å². The van der Waals surface area contributed by atoms with Crippen molar-refractivity contribution >= 4 is 27.9 Å². The zero-order chi connectivity index (χ0) is 20.8. The summed E-state index contributed by atoms with van der Waals surface area (Å²) in [6.45, 7) is 6.46.